The SMILES string of the molecule is COc1nn(C)c2nc(C)c(CCC(=O)N(Cc3cccnc3)Cc3ccccc3C)c(C)c12. The highest BCUT2D eigenvalue weighted by atomic mass is 16.5. The van der Waals surface area contributed by atoms with Gasteiger partial charge >= 0.3 is 0 Å². The molecule has 1 amide bonds. The van der Waals surface area contributed by atoms with Crippen molar-refractivity contribution in [2.45, 2.75) is 46.7 Å². The minimum absolute atomic E-state index is 0.101. The summed E-state index contributed by atoms with van der Waals surface area (Å²) in [6, 6.07) is 12.1. The number of nitrogens with zero attached hydrogens (tertiary/aromatic N) is 5. The van der Waals surface area contributed by atoms with Gasteiger partial charge in [0.15, 0.2) is 5.65 Å². The van der Waals surface area contributed by atoms with Crippen LogP contribution < -0.4 is 4.74 Å². The topological polar surface area (TPSA) is 73.1 Å². The second-order valence-corrected chi connectivity index (χ2v) is 8.67. The number of hydrogen-bond donors (Lipinski definition) is 0. The van der Waals surface area contributed by atoms with Crippen molar-refractivity contribution in [1.82, 2.24) is 24.6 Å². The number of rotatable bonds is 8. The van der Waals surface area contributed by atoms with Crippen molar-refractivity contribution in [3.63, 3.8) is 0 Å². The molecule has 0 atom stereocenters. The van der Waals surface area contributed by atoms with Crippen LogP contribution in [0.5, 0.6) is 5.88 Å². The van der Waals surface area contributed by atoms with Gasteiger partial charge in [0.25, 0.3) is 0 Å². The summed E-state index contributed by atoms with van der Waals surface area (Å²) in [7, 11) is 3.48. The van der Waals surface area contributed by atoms with Crippen LogP contribution in [-0.4, -0.2) is 37.7 Å². The maximum absolute atomic E-state index is 13.5. The van der Waals surface area contributed by atoms with Crippen molar-refractivity contribution in [3.8, 4) is 5.88 Å². The van der Waals surface area contributed by atoms with Crippen molar-refractivity contribution in [2.75, 3.05) is 7.11 Å². The van der Waals surface area contributed by atoms with E-state index >= 15 is 0 Å². The van der Waals surface area contributed by atoms with E-state index in [-0.39, 0.29) is 5.91 Å². The number of aromatic nitrogens is 4. The maximum Gasteiger partial charge on any atom is 0.242 e. The number of fused-ring (bicyclic) bond motifs is 1. The Hall–Kier alpha value is -3.74. The monoisotopic (exact) mass is 457 g/mol. The number of hydrogen-bond acceptors (Lipinski definition) is 5. The molecule has 176 valence electrons. The molecule has 0 saturated carbocycles. The summed E-state index contributed by atoms with van der Waals surface area (Å²) in [6.45, 7) is 7.21. The molecule has 0 N–H and O–H groups in total. The lowest BCUT2D eigenvalue weighted by Gasteiger charge is -2.24. The number of methoxy groups -OCH3 is 1. The van der Waals surface area contributed by atoms with E-state index in [4.69, 9.17) is 9.72 Å². The van der Waals surface area contributed by atoms with Gasteiger partial charge in [-0.25, -0.2) is 9.67 Å². The number of carbonyl (C=O) groups is 1. The van der Waals surface area contributed by atoms with Gasteiger partial charge < -0.3 is 9.64 Å². The molecule has 34 heavy (non-hydrogen) atoms. The van der Waals surface area contributed by atoms with Crippen molar-refractivity contribution < 1.29 is 9.53 Å². The molecule has 4 aromatic rings. The molecule has 0 bridgehead atoms. The predicted molar refractivity (Wildman–Crippen MR) is 133 cm³/mol. The third-order valence-corrected chi connectivity index (χ3v) is 6.38. The third-order valence-electron chi connectivity index (χ3n) is 6.38. The minimum atomic E-state index is 0.101. The van der Waals surface area contributed by atoms with Crippen LogP contribution in [0.4, 0.5) is 0 Å². The van der Waals surface area contributed by atoms with Crippen molar-refractivity contribution >= 4 is 16.9 Å². The molecule has 0 fully saturated rings. The van der Waals surface area contributed by atoms with Gasteiger partial charge in [-0.15, -0.1) is 5.10 Å². The smallest absolute Gasteiger partial charge is 0.242 e. The van der Waals surface area contributed by atoms with Gasteiger partial charge in [-0.1, -0.05) is 30.3 Å². The molecule has 7 heteroatoms. The molecule has 3 heterocycles. The van der Waals surface area contributed by atoms with E-state index in [0.717, 1.165) is 39.0 Å². The summed E-state index contributed by atoms with van der Waals surface area (Å²) < 4.78 is 7.22. The fraction of sp³-hybridized carbons (Fsp3) is 0.333. The Balaban J connectivity index is 1.59. The van der Waals surface area contributed by atoms with Gasteiger partial charge in [-0.3, -0.25) is 9.78 Å². The average Bonchev–Trinajstić information content (AvgIpc) is 3.15. The van der Waals surface area contributed by atoms with Crippen LogP contribution in [0.1, 0.15) is 39.9 Å². The summed E-state index contributed by atoms with van der Waals surface area (Å²) in [6.07, 6.45) is 4.57. The second kappa shape index (κ2) is 10.0. The number of amides is 1. The normalized spacial score (nSPS) is 11.1. The van der Waals surface area contributed by atoms with E-state index < -0.39 is 0 Å². The molecule has 0 saturated heterocycles. The van der Waals surface area contributed by atoms with Crippen LogP contribution in [0.15, 0.2) is 48.8 Å². The third kappa shape index (κ3) is 4.78. The second-order valence-electron chi connectivity index (χ2n) is 8.67. The maximum atomic E-state index is 13.5. The Labute approximate surface area is 200 Å². The Morgan fingerprint density at radius 3 is 2.59 bits per heavy atom. The van der Waals surface area contributed by atoms with Crippen molar-refractivity contribution in [2.24, 2.45) is 7.05 Å². The molecule has 3 aromatic heterocycles. The molecule has 0 unspecified atom stereocenters. The number of aryl methyl sites for hydroxylation is 4. The molecule has 7 nitrogen and oxygen atoms in total. The van der Waals surface area contributed by atoms with Crippen LogP contribution in [-0.2, 0) is 31.4 Å². The van der Waals surface area contributed by atoms with E-state index in [2.05, 4.69) is 36.1 Å². The number of carbonyl (C=O) groups excluding carboxylic acids is 1. The first-order valence-corrected chi connectivity index (χ1v) is 11.5. The highest BCUT2D eigenvalue weighted by Gasteiger charge is 2.20. The molecular weight excluding hydrogens is 426 g/mol. The van der Waals surface area contributed by atoms with Crippen LogP contribution in [0.2, 0.25) is 0 Å². The van der Waals surface area contributed by atoms with Crippen molar-refractivity contribution in [1.29, 1.82) is 0 Å². The molecule has 0 aliphatic heterocycles. The Morgan fingerprint density at radius 2 is 1.88 bits per heavy atom. The summed E-state index contributed by atoms with van der Waals surface area (Å²) in [5.74, 6) is 0.664. The van der Waals surface area contributed by atoms with Gasteiger partial charge in [0.05, 0.1) is 12.5 Å². The Kier molecular flexibility index (Phi) is 6.91. The lowest BCUT2D eigenvalue weighted by molar-refractivity contribution is -0.132. The van der Waals surface area contributed by atoms with Crippen LogP contribution in [0.3, 0.4) is 0 Å². The number of pyridine rings is 2. The fourth-order valence-corrected chi connectivity index (χ4v) is 4.43. The summed E-state index contributed by atoms with van der Waals surface area (Å²) in [5, 5.41) is 5.34. The van der Waals surface area contributed by atoms with E-state index in [1.807, 2.05) is 49.3 Å². The lowest BCUT2D eigenvalue weighted by Crippen LogP contribution is -2.30. The van der Waals surface area contributed by atoms with Crippen molar-refractivity contribution in [3.05, 3.63) is 82.3 Å². The van der Waals surface area contributed by atoms with E-state index in [1.54, 1.807) is 18.0 Å². The van der Waals surface area contributed by atoms with Gasteiger partial charge in [-0.05, 0) is 61.1 Å². The average molecular weight is 458 g/mol. The number of ether oxygens (including phenoxy) is 1. The lowest BCUT2D eigenvalue weighted by atomic mass is 9.99. The van der Waals surface area contributed by atoms with Crippen LogP contribution >= 0.6 is 0 Å². The zero-order chi connectivity index (χ0) is 24.2. The van der Waals surface area contributed by atoms with E-state index in [0.29, 0.717) is 31.8 Å². The van der Waals surface area contributed by atoms with Gasteiger partial charge in [0.2, 0.25) is 11.8 Å². The van der Waals surface area contributed by atoms with Gasteiger partial charge in [0, 0.05) is 44.6 Å². The van der Waals surface area contributed by atoms with Crippen LogP contribution in [0, 0.1) is 20.8 Å². The standard InChI is InChI=1S/C27H31N5O2/c1-18-9-6-7-11-22(18)17-32(16-21-10-8-14-28-15-21)24(33)13-12-23-19(2)25-26(29-20(23)3)31(4)30-27(25)34-5/h6-11,14-15H,12-13,16-17H2,1-5H3. The molecule has 4 rings (SSSR count). The highest BCUT2D eigenvalue weighted by molar-refractivity contribution is 5.86. The number of benzene rings is 1. The largest absolute Gasteiger partial charge is 0.479 e. The summed E-state index contributed by atoms with van der Waals surface area (Å²) >= 11 is 0. The predicted octanol–water partition coefficient (Wildman–Crippen LogP) is 4.46. The van der Waals surface area contributed by atoms with Gasteiger partial charge in [-0.2, -0.15) is 0 Å². The molecule has 0 aliphatic carbocycles. The molecular formula is C27H31N5O2. The molecule has 0 spiro atoms. The Morgan fingerprint density at radius 1 is 1.09 bits per heavy atom. The Bertz CT molecular complexity index is 1310. The summed E-state index contributed by atoms with van der Waals surface area (Å²) in [4.78, 5) is 24.4. The highest BCUT2D eigenvalue weighted by Crippen LogP contribution is 2.30. The van der Waals surface area contributed by atoms with E-state index in [1.165, 1.54) is 5.56 Å². The summed E-state index contributed by atoms with van der Waals surface area (Å²) in [5.41, 5.74) is 7.19. The van der Waals surface area contributed by atoms with E-state index in [9.17, 15) is 4.79 Å². The first kappa shape index (κ1) is 23.4. The molecule has 0 radical (unpaired) electrons. The molecule has 0 aliphatic rings. The zero-order valence-electron chi connectivity index (χ0n) is 20.5. The first-order chi connectivity index (χ1) is 16.4. The minimum Gasteiger partial charge on any atom is -0.479 e. The van der Waals surface area contributed by atoms with Crippen LogP contribution in [0.25, 0.3) is 11.0 Å². The van der Waals surface area contributed by atoms with Gasteiger partial charge in [0.1, 0.15) is 0 Å². The molecule has 1 aromatic carbocycles. The zero-order valence-corrected chi connectivity index (χ0v) is 20.5. The fourth-order valence-electron chi connectivity index (χ4n) is 4.43. The first-order valence-electron chi connectivity index (χ1n) is 11.5. The quantitative estimate of drug-likeness (QED) is 0.391.